The second-order valence-corrected chi connectivity index (χ2v) is 7.10. The molecule has 0 aromatic carbocycles. The lowest BCUT2D eigenvalue weighted by Crippen LogP contribution is -2.51. The van der Waals surface area contributed by atoms with Crippen LogP contribution in [0.4, 0.5) is 4.79 Å². The van der Waals surface area contributed by atoms with E-state index in [4.69, 9.17) is 5.11 Å². The fraction of sp³-hybridized carbons (Fsp3) is 0.867. The second-order valence-electron chi connectivity index (χ2n) is 7.10. The summed E-state index contributed by atoms with van der Waals surface area (Å²) in [5, 5.41) is 14.7. The minimum absolute atomic E-state index is 0.0576. The van der Waals surface area contributed by atoms with Crippen molar-refractivity contribution in [2.75, 3.05) is 0 Å². The van der Waals surface area contributed by atoms with Gasteiger partial charge in [0.25, 0.3) is 0 Å². The van der Waals surface area contributed by atoms with Crippen LogP contribution in [-0.2, 0) is 4.79 Å². The zero-order valence-corrected chi connectivity index (χ0v) is 13.0. The molecule has 3 unspecified atom stereocenters. The van der Waals surface area contributed by atoms with Gasteiger partial charge in [0.2, 0.25) is 0 Å². The predicted octanol–water partition coefficient (Wildman–Crippen LogP) is 2.75. The third kappa shape index (κ3) is 5.80. The van der Waals surface area contributed by atoms with Crippen molar-refractivity contribution in [3.63, 3.8) is 0 Å². The maximum absolute atomic E-state index is 12.0. The molecule has 1 saturated carbocycles. The van der Waals surface area contributed by atoms with Crippen LogP contribution in [0.2, 0.25) is 0 Å². The Morgan fingerprint density at radius 1 is 1.30 bits per heavy atom. The monoisotopic (exact) mass is 284 g/mol. The van der Waals surface area contributed by atoms with Gasteiger partial charge >= 0.3 is 12.0 Å². The Bertz CT molecular complexity index is 350. The molecule has 0 radical (unpaired) electrons. The first kappa shape index (κ1) is 16.8. The largest absolute Gasteiger partial charge is 0.481 e. The van der Waals surface area contributed by atoms with Gasteiger partial charge in [-0.3, -0.25) is 4.79 Å². The number of hydrogen-bond acceptors (Lipinski definition) is 2. The first-order valence-corrected chi connectivity index (χ1v) is 7.47. The van der Waals surface area contributed by atoms with E-state index in [1.54, 1.807) is 0 Å². The molecule has 0 heterocycles. The maximum Gasteiger partial charge on any atom is 0.315 e. The van der Waals surface area contributed by atoms with Crippen molar-refractivity contribution in [3.8, 4) is 0 Å². The van der Waals surface area contributed by atoms with Crippen LogP contribution in [0.1, 0.15) is 59.8 Å². The molecule has 0 aliphatic heterocycles. The Balaban J connectivity index is 2.51. The molecule has 20 heavy (non-hydrogen) atoms. The van der Waals surface area contributed by atoms with Gasteiger partial charge in [0.15, 0.2) is 0 Å². The summed E-state index contributed by atoms with van der Waals surface area (Å²) in [6.45, 7) is 8.00. The maximum atomic E-state index is 12.0. The summed E-state index contributed by atoms with van der Waals surface area (Å²) in [5.74, 6) is -0.247. The molecule has 0 aromatic rings. The van der Waals surface area contributed by atoms with E-state index in [2.05, 4.69) is 17.6 Å². The minimum Gasteiger partial charge on any atom is -0.481 e. The van der Waals surface area contributed by atoms with Gasteiger partial charge in [-0.25, -0.2) is 4.79 Å². The van der Waals surface area contributed by atoms with E-state index in [0.717, 1.165) is 19.3 Å². The van der Waals surface area contributed by atoms with Crippen molar-refractivity contribution in [2.45, 2.75) is 71.9 Å². The van der Waals surface area contributed by atoms with E-state index in [-0.39, 0.29) is 30.0 Å². The molecule has 0 spiro atoms. The van der Waals surface area contributed by atoms with Crippen LogP contribution >= 0.6 is 0 Å². The Morgan fingerprint density at radius 2 is 1.95 bits per heavy atom. The standard InChI is InChI=1S/C15H28N2O3/c1-10-6-5-7-11(8-10)16-14(20)17-12(9-13(18)19)15(2,3)4/h10-12H,5-9H2,1-4H3,(H,18,19)(H2,16,17,20). The van der Waals surface area contributed by atoms with E-state index >= 15 is 0 Å². The van der Waals surface area contributed by atoms with Gasteiger partial charge in [0.05, 0.1) is 6.42 Å². The number of aliphatic carboxylic acids is 1. The number of carbonyl (C=O) groups excluding carboxylic acids is 1. The minimum atomic E-state index is -0.892. The molecule has 1 rings (SSSR count). The average molecular weight is 284 g/mol. The number of nitrogens with one attached hydrogen (secondary N) is 2. The molecule has 1 aliphatic carbocycles. The number of rotatable bonds is 4. The van der Waals surface area contributed by atoms with E-state index in [0.29, 0.717) is 5.92 Å². The highest BCUT2D eigenvalue weighted by Crippen LogP contribution is 2.24. The van der Waals surface area contributed by atoms with E-state index in [9.17, 15) is 9.59 Å². The van der Waals surface area contributed by atoms with E-state index in [1.807, 2.05) is 20.8 Å². The summed E-state index contributed by atoms with van der Waals surface area (Å²) in [6.07, 6.45) is 4.33. The van der Waals surface area contributed by atoms with Crippen LogP contribution in [-0.4, -0.2) is 29.2 Å². The molecule has 3 N–H and O–H groups in total. The number of hydrogen-bond donors (Lipinski definition) is 3. The van der Waals surface area contributed by atoms with Crippen molar-refractivity contribution in [1.82, 2.24) is 10.6 Å². The highest BCUT2D eigenvalue weighted by atomic mass is 16.4. The van der Waals surface area contributed by atoms with Gasteiger partial charge < -0.3 is 15.7 Å². The van der Waals surface area contributed by atoms with Crippen molar-refractivity contribution >= 4 is 12.0 Å². The van der Waals surface area contributed by atoms with Crippen LogP contribution in [0, 0.1) is 11.3 Å². The number of urea groups is 1. The van der Waals surface area contributed by atoms with Crippen LogP contribution < -0.4 is 10.6 Å². The summed E-state index contributed by atoms with van der Waals surface area (Å²) < 4.78 is 0. The summed E-state index contributed by atoms with van der Waals surface area (Å²) in [7, 11) is 0. The van der Waals surface area contributed by atoms with Gasteiger partial charge in [0.1, 0.15) is 0 Å². The topological polar surface area (TPSA) is 78.4 Å². The molecule has 0 saturated heterocycles. The Morgan fingerprint density at radius 3 is 2.45 bits per heavy atom. The van der Waals surface area contributed by atoms with E-state index in [1.165, 1.54) is 6.42 Å². The third-order valence-electron chi connectivity index (χ3n) is 4.00. The molecular formula is C15H28N2O3. The smallest absolute Gasteiger partial charge is 0.315 e. The fourth-order valence-electron chi connectivity index (χ4n) is 2.70. The van der Waals surface area contributed by atoms with Gasteiger partial charge in [-0.1, -0.05) is 40.5 Å². The molecule has 3 atom stereocenters. The molecule has 116 valence electrons. The Labute approximate surface area is 121 Å². The molecule has 0 bridgehead atoms. The van der Waals surface area contributed by atoms with Gasteiger partial charge in [-0.2, -0.15) is 0 Å². The first-order valence-electron chi connectivity index (χ1n) is 7.47. The fourth-order valence-corrected chi connectivity index (χ4v) is 2.70. The zero-order chi connectivity index (χ0) is 15.3. The normalized spacial score (nSPS) is 24.8. The molecular weight excluding hydrogens is 256 g/mol. The summed E-state index contributed by atoms with van der Waals surface area (Å²) in [4.78, 5) is 22.9. The molecule has 2 amide bonds. The Hall–Kier alpha value is -1.26. The van der Waals surface area contributed by atoms with Crippen LogP contribution in [0.3, 0.4) is 0 Å². The van der Waals surface area contributed by atoms with Crippen molar-refractivity contribution in [1.29, 1.82) is 0 Å². The number of amides is 2. The highest BCUT2D eigenvalue weighted by Gasteiger charge is 2.29. The van der Waals surface area contributed by atoms with Crippen LogP contribution in [0.5, 0.6) is 0 Å². The SMILES string of the molecule is CC1CCCC(NC(=O)NC(CC(=O)O)C(C)(C)C)C1. The van der Waals surface area contributed by atoms with Crippen molar-refractivity contribution < 1.29 is 14.7 Å². The Kier molecular flexibility index (Phi) is 5.84. The lowest BCUT2D eigenvalue weighted by molar-refractivity contribution is -0.138. The van der Waals surface area contributed by atoms with E-state index < -0.39 is 5.97 Å². The number of carboxylic acids is 1. The van der Waals surface area contributed by atoms with Crippen molar-refractivity contribution in [3.05, 3.63) is 0 Å². The molecule has 0 aromatic heterocycles. The van der Waals surface area contributed by atoms with Crippen LogP contribution in [0.25, 0.3) is 0 Å². The highest BCUT2D eigenvalue weighted by molar-refractivity contribution is 5.76. The lowest BCUT2D eigenvalue weighted by Gasteiger charge is -2.32. The van der Waals surface area contributed by atoms with Crippen LogP contribution in [0.15, 0.2) is 0 Å². The first-order chi connectivity index (χ1) is 9.18. The zero-order valence-electron chi connectivity index (χ0n) is 13.0. The second kappa shape index (κ2) is 6.95. The molecule has 1 fully saturated rings. The quantitative estimate of drug-likeness (QED) is 0.742. The molecule has 5 heteroatoms. The molecule has 5 nitrogen and oxygen atoms in total. The average Bonchev–Trinajstić information content (AvgIpc) is 2.26. The van der Waals surface area contributed by atoms with Crippen molar-refractivity contribution in [2.24, 2.45) is 11.3 Å². The number of carboxylic acid groups (broad SMARTS) is 1. The summed E-state index contributed by atoms with van der Waals surface area (Å²) >= 11 is 0. The summed E-state index contributed by atoms with van der Waals surface area (Å²) in [6, 6.07) is -0.407. The van der Waals surface area contributed by atoms with Gasteiger partial charge in [-0.15, -0.1) is 0 Å². The van der Waals surface area contributed by atoms with Gasteiger partial charge in [-0.05, 0) is 24.2 Å². The number of carbonyl (C=O) groups is 2. The summed E-state index contributed by atoms with van der Waals surface area (Å²) in [5.41, 5.74) is -0.282. The predicted molar refractivity (Wildman–Crippen MR) is 78.6 cm³/mol. The lowest BCUT2D eigenvalue weighted by atomic mass is 9.84. The third-order valence-corrected chi connectivity index (χ3v) is 4.00. The molecule has 1 aliphatic rings. The van der Waals surface area contributed by atoms with Gasteiger partial charge in [0, 0.05) is 12.1 Å².